The maximum absolute atomic E-state index is 13.0. The van der Waals surface area contributed by atoms with Crippen LogP contribution in [0.4, 0.5) is 4.39 Å². The van der Waals surface area contributed by atoms with Crippen molar-refractivity contribution >= 4 is 18.2 Å². The summed E-state index contributed by atoms with van der Waals surface area (Å²) in [5.41, 5.74) is 0.610. The standard InChI is InChI=1S/C23H26FNO3.ClH/c24-19-7-5-18(6-8-19)21(26)15-17-9-12-25(13-10-17)14-11-20-16-27-22-3-1-2-4-23(22)28-20;/h1-8,17,20H,9-16H2;1H. The van der Waals surface area contributed by atoms with Gasteiger partial charge in [0.1, 0.15) is 18.5 Å². The number of ketones is 1. The smallest absolute Gasteiger partial charge is 0.163 e. The van der Waals surface area contributed by atoms with Crippen LogP contribution in [0.2, 0.25) is 0 Å². The number of benzene rings is 2. The van der Waals surface area contributed by atoms with Crippen molar-refractivity contribution in [3.63, 3.8) is 0 Å². The number of carbonyl (C=O) groups is 1. The molecule has 2 aromatic carbocycles. The quantitative estimate of drug-likeness (QED) is 0.632. The number of ether oxygens (including phenoxy) is 2. The second kappa shape index (κ2) is 10.1. The van der Waals surface area contributed by atoms with Crippen LogP contribution in [0.5, 0.6) is 11.5 Å². The fraction of sp³-hybridized carbons (Fsp3) is 0.435. The van der Waals surface area contributed by atoms with Crippen molar-refractivity contribution in [2.75, 3.05) is 26.2 Å². The summed E-state index contributed by atoms with van der Waals surface area (Å²) in [6.07, 6.45) is 3.63. The minimum absolute atomic E-state index is 0. The SMILES string of the molecule is Cl.O=C(CC1CCN(CCC2COc3ccccc3O2)CC1)c1ccc(F)cc1. The highest BCUT2D eigenvalue weighted by Crippen LogP contribution is 2.31. The molecule has 0 saturated carbocycles. The molecule has 4 rings (SSSR count). The average Bonchev–Trinajstić information content (AvgIpc) is 2.73. The van der Waals surface area contributed by atoms with E-state index in [2.05, 4.69) is 4.90 Å². The molecule has 2 aliphatic heterocycles. The van der Waals surface area contributed by atoms with Gasteiger partial charge < -0.3 is 14.4 Å². The highest BCUT2D eigenvalue weighted by molar-refractivity contribution is 5.96. The number of halogens is 2. The first-order chi connectivity index (χ1) is 13.7. The van der Waals surface area contributed by atoms with Gasteiger partial charge in [0.2, 0.25) is 0 Å². The summed E-state index contributed by atoms with van der Waals surface area (Å²) < 4.78 is 24.8. The van der Waals surface area contributed by atoms with Crippen molar-refractivity contribution in [3.8, 4) is 11.5 Å². The third kappa shape index (κ3) is 5.71. The average molecular weight is 420 g/mol. The Morgan fingerprint density at radius 3 is 2.45 bits per heavy atom. The van der Waals surface area contributed by atoms with Gasteiger partial charge in [-0.3, -0.25) is 4.79 Å². The third-order valence-electron chi connectivity index (χ3n) is 5.68. The molecular weight excluding hydrogens is 393 g/mol. The van der Waals surface area contributed by atoms with Crippen molar-refractivity contribution in [2.45, 2.75) is 31.8 Å². The Labute approximate surface area is 177 Å². The van der Waals surface area contributed by atoms with E-state index in [0.29, 0.717) is 24.5 Å². The number of Topliss-reactive ketones (excluding diaryl/α,β-unsaturated/α-hetero) is 1. The second-order valence-corrected chi connectivity index (χ2v) is 7.71. The van der Waals surface area contributed by atoms with E-state index in [4.69, 9.17) is 9.47 Å². The molecule has 29 heavy (non-hydrogen) atoms. The number of piperidine rings is 1. The minimum Gasteiger partial charge on any atom is -0.486 e. The monoisotopic (exact) mass is 419 g/mol. The largest absolute Gasteiger partial charge is 0.486 e. The molecule has 1 unspecified atom stereocenters. The molecule has 2 aliphatic rings. The van der Waals surface area contributed by atoms with Crippen LogP contribution in [-0.2, 0) is 0 Å². The Morgan fingerprint density at radius 2 is 1.72 bits per heavy atom. The van der Waals surface area contributed by atoms with E-state index in [1.165, 1.54) is 12.1 Å². The van der Waals surface area contributed by atoms with Gasteiger partial charge in [0.15, 0.2) is 17.3 Å². The zero-order valence-corrected chi connectivity index (χ0v) is 17.2. The number of likely N-dealkylation sites (tertiary alicyclic amines) is 1. The molecule has 0 radical (unpaired) electrons. The summed E-state index contributed by atoms with van der Waals surface area (Å²) in [5, 5.41) is 0. The summed E-state index contributed by atoms with van der Waals surface area (Å²) in [6, 6.07) is 13.7. The number of carbonyl (C=O) groups excluding carboxylic acids is 1. The Balaban J connectivity index is 0.00000240. The van der Waals surface area contributed by atoms with E-state index < -0.39 is 0 Å². The molecule has 6 heteroatoms. The first-order valence-corrected chi connectivity index (χ1v) is 10.1. The van der Waals surface area contributed by atoms with Gasteiger partial charge in [0.05, 0.1) is 0 Å². The molecule has 2 heterocycles. The molecule has 2 aromatic rings. The molecule has 0 amide bonds. The first kappa shape index (κ1) is 21.6. The lowest BCUT2D eigenvalue weighted by Crippen LogP contribution is -2.38. The molecule has 0 N–H and O–H groups in total. The highest BCUT2D eigenvalue weighted by atomic mass is 35.5. The predicted molar refractivity (Wildman–Crippen MR) is 113 cm³/mol. The van der Waals surface area contributed by atoms with Crippen molar-refractivity contribution in [1.29, 1.82) is 0 Å². The molecule has 4 nitrogen and oxygen atoms in total. The van der Waals surface area contributed by atoms with E-state index >= 15 is 0 Å². The fourth-order valence-corrected chi connectivity index (χ4v) is 3.96. The second-order valence-electron chi connectivity index (χ2n) is 7.71. The predicted octanol–water partition coefficient (Wildman–Crippen LogP) is 4.76. The summed E-state index contributed by atoms with van der Waals surface area (Å²) >= 11 is 0. The van der Waals surface area contributed by atoms with E-state index in [1.807, 2.05) is 24.3 Å². The molecule has 0 aromatic heterocycles. The van der Waals surface area contributed by atoms with Crippen LogP contribution in [0.15, 0.2) is 48.5 Å². The molecular formula is C23H27ClFNO3. The van der Waals surface area contributed by atoms with Crippen LogP contribution in [-0.4, -0.2) is 43.0 Å². The Hall–Kier alpha value is -2.11. The maximum atomic E-state index is 13.0. The van der Waals surface area contributed by atoms with Gasteiger partial charge in [-0.2, -0.15) is 0 Å². The van der Waals surface area contributed by atoms with Crippen LogP contribution < -0.4 is 9.47 Å². The molecule has 0 spiro atoms. The van der Waals surface area contributed by atoms with Crippen LogP contribution in [0.1, 0.15) is 36.0 Å². The molecule has 0 aliphatic carbocycles. The number of rotatable bonds is 6. The summed E-state index contributed by atoms with van der Waals surface area (Å²) in [4.78, 5) is 14.8. The Morgan fingerprint density at radius 1 is 1.03 bits per heavy atom. The van der Waals surface area contributed by atoms with Gasteiger partial charge in [-0.05, 0) is 68.2 Å². The first-order valence-electron chi connectivity index (χ1n) is 10.1. The van der Waals surface area contributed by atoms with Gasteiger partial charge >= 0.3 is 0 Å². The van der Waals surface area contributed by atoms with Crippen molar-refractivity contribution < 1.29 is 18.7 Å². The fourth-order valence-electron chi connectivity index (χ4n) is 3.96. The molecule has 156 valence electrons. The molecule has 1 atom stereocenters. The zero-order chi connectivity index (χ0) is 19.3. The summed E-state index contributed by atoms with van der Waals surface area (Å²) in [6.45, 7) is 3.59. The van der Waals surface area contributed by atoms with E-state index in [9.17, 15) is 9.18 Å². The van der Waals surface area contributed by atoms with Crippen LogP contribution >= 0.6 is 12.4 Å². The number of hydrogen-bond donors (Lipinski definition) is 0. The van der Waals surface area contributed by atoms with Crippen molar-refractivity contribution in [2.24, 2.45) is 5.92 Å². The zero-order valence-electron chi connectivity index (χ0n) is 16.4. The normalized spacial score (nSPS) is 19.4. The van der Waals surface area contributed by atoms with E-state index in [0.717, 1.165) is 50.4 Å². The molecule has 0 bridgehead atoms. The number of fused-ring (bicyclic) bond motifs is 1. The third-order valence-corrected chi connectivity index (χ3v) is 5.68. The Kier molecular flexibility index (Phi) is 7.51. The van der Waals surface area contributed by atoms with Crippen LogP contribution in [0, 0.1) is 11.7 Å². The summed E-state index contributed by atoms with van der Waals surface area (Å²) in [5.74, 6) is 1.88. The van der Waals surface area contributed by atoms with Gasteiger partial charge in [0.25, 0.3) is 0 Å². The molecule has 1 saturated heterocycles. The lowest BCUT2D eigenvalue weighted by molar-refractivity contribution is 0.0689. The van der Waals surface area contributed by atoms with Crippen LogP contribution in [0.3, 0.4) is 0 Å². The maximum Gasteiger partial charge on any atom is 0.163 e. The Bertz CT molecular complexity index is 806. The van der Waals surface area contributed by atoms with Crippen molar-refractivity contribution in [1.82, 2.24) is 4.90 Å². The lowest BCUT2D eigenvalue weighted by Gasteiger charge is -2.33. The van der Waals surface area contributed by atoms with Crippen molar-refractivity contribution in [3.05, 3.63) is 59.9 Å². The summed E-state index contributed by atoms with van der Waals surface area (Å²) in [7, 11) is 0. The number of para-hydroxylation sites is 2. The van der Waals surface area contributed by atoms with E-state index in [1.54, 1.807) is 12.1 Å². The minimum atomic E-state index is -0.305. The van der Waals surface area contributed by atoms with E-state index in [-0.39, 0.29) is 30.1 Å². The van der Waals surface area contributed by atoms with Gasteiger partial charge in [-0.1, -0.05) is 12.1 Å². The van der Waals surface area contributed by atoms with Gasteiger partial charge in [0, 0.05) is 24.9 Å². The van der Waals surface area contributed by atoms with Gasteiger partial charge in [-0.25, -0.2) is 4.39 Å². The number of nitrogens with zero attached hydrogens (tertiary/aromatic N) is 1. The topological polar surface area (TPSA) is 38.8 Å². The number of hydrogen-bond acceptors (Lipinski definition) is 4. The van der Waals surface area contributed by atoms with Gasteiger partial charge in [-0.15, -0.1) is 12.4 Å². The van der Waals surface area contributed by atoms with Crippen LogP contribution in [0.25, 0.3) is 0 Å². The molecule has 1 fully saturated rings. The highest BCUT2D eigenvalue weighted by Gasteiger charge is 2.25. The lowest BCUT2D eigenvalue weighted by atomic mass is 9.89.